The molecule has 0 heterocycles. The van der Waals surface area contributed by atoms with E-state index in [-0.39, 0.29) is 5.78 Å². The van der Waals surface area contributed by atoms with Gasteiger partial charge in [0.2, 0.25) is 0 Å². The molecule has 0 rings (SSSR count). The van der Waals surface area contributed by atoms with E-state index < -0.39 is 5.60 Å². The van der Waals surface area contributed by atoms with Gasteiger partial charge in [0.25, 0.3) is 0 Å². The number of nitriles is 2. The van der Waals surface area contributed by atoms with Crippen LogP contribution in [0.3, 0.4) is 0 Å². The minimum atomic E-state index is -1.15. The van der Waals surface area contributed by atoms with Gasteiger partial charge in [0.1, 0.15) is 11.4 Å². The molecule has 12 heavy (non-hydrogen) atoms. The summed E-state index contributed by atoms with van der Waals surface area (Å²) in [6, 6.07) is 1.66. The van der Waals surface area contributed by atoms with Gasteiger partial charge in [-0.1, -0.05) is 0 Å². The maximum absolute atomic E-state index is 9.44. The molecule has 0 atom stereocenters. The van der Waals surface area contributed by atoms with Crippen molar-refractivity contribution in [3.05, 3.63) is 0 Å². The Morgan fingerprint density at radius 3 is 1.50 bits per heavy atom. The van der Waals surface area contributed by atoms with Crippen LogP contribution in [0.15, 0.2) is 0 Å². The minimum Gasteiger partial charge on any atom is -0.376 e. The lowest BCUT2D eigenvalue weighted by atomic mass is 10.2. The van der Waals surface area contributed by atoms with E-state index in [1.807, 2.05) is 0 Å². The van der Waals surface area contributed by atoms with E-state index in [0.717, 1.165) is 0 Å². The van der Waals surface area contributed by atoms with E-state index >= 15 is 0 Å². The zero-order chi connectivity index (χ0) is 10.8. The van der Waals surface area contributed by atoms with Crippen LogP contribution in [-0.4, -0.2) is 16.5 Å². The molecule has 0 aromatic rings. The van der Waals surface area contributed by atoms with Crippen molar-refractivity contribution in [2.75, 3.05) is 0 Å². The van der Waals surface area contributed by atoms with Crippen LogP contribution < -0.4 is 0 Å². The van der Waals surface area contributed by atoms with Crippen molar-refractivity contribution < 1.29 is 9.90 Å². The molecular formula is C8H14N2O2. The summed E-state index contributed by atoms with van der Waals surface area (Å²) < 4.78 is 0. The molecule has 0 aromatic heterocycles. The molecule has 0 radical (unpaired) electrons. The highest BCUT2D eigenvalue weighted by Crippen LogP contribution is 1.93. The zero-order valence-electron chi connectivity index (χ0n) is 7.83. The van der Waals surface area contributed by atoms with Crippen molar-refractivity contribution in [2.24, 2.45) is 0 Å². The fraction of sp³-hybridized carbons (Fsp3) is 0.625. The second-order valence-corrected chi connectivity index (χ2v) is 2.58. The number of Topliss-reactive ketones (excluding diaryl/α,β-unsaturated/α-hetero) is 1. The van der Waals surface area contributed by atoms with Crippen LogP contribution in [-0.2, 0) is 4.79 Å². The SMILES string of the molecule is C#N.CC(C)(O)C#N.CC(C)=O. The Morgan fingerprint density at radius 1 is 1.42 bits per heavy atom. The topological polar surface area (TPSA) is 84.9 Å². The molecular weight excluding hydrogens is 156 g/mol. The third kappa shape index (κ3) is 192. The molecule has 0 aromatic carbocycles. The predicted molar refractivity (Wildman–Crippen MR) is 44.9 cm³/mol. The van der Waals surface area contributed by atoms with Crippen LogP contribution in [0.5, 0.6) is 0 Å². The van der Waals surface area contributed by atoms with Crippen molar-refractivity contribution in [3.63, 3.8) is 0 Å². The average Bonchev–Trinajstić information content (AvgIpc) is 1.90. The van der Waals surface area contributed by atoms with Gasteiger partial charge in [-0.3, -0.25) is 0 Å². The molecule has 0 saturated carbocycles. The fourth-order valence-electron chi connectivity index (χ4n) is 0. The van der Waals surface area contributed by atoms with Gasteiger partial charge >= 0.3 is 0 Å². The van der Waals surface area contributed by atoms with Crippen LogP contribution in [0, 0.1) is 23.2 Å². The Morgan fingerprint density at radius 2 is 1.50 bits per heavy atom. The van der Waals surface area contributed by atoms with E-state index in [9.17, 15) is 4.79 Å². The van der Waals surface area contributed by atoms with Crippen molar-refractivity contribution in [2.45, 2.75) is 33.3 Å². The maximum atomic E-state index is 9.44. The Kier molecular flexibility index (Phi) is 13.5. The molecule has 68 valence electrons. The van der Waals surface area contributed by atoms with Gasteiger partial charge in [-0.05, 0) is 27.7 Å². The number of nitrogens with zero attached hydrogens (tertiary/aromatic N) is 2. The Hall–Kier alpha value is -1.39. The van der Waals surface area contributed by atoms with E-state index in [2.05, 4.69) is 6.57 Å². The smallest absolute Gasteiger partial charge is 0.145 e. The molecule has 0 fully saturated rings. The van der Waals surface area contributed by atoms with E-state index in [1.165, 1.54) is 27.7 Å². The van der Waals surface area contributed by atoms with Crippen LogP contribution in [0.1, 0.15) is 27.7 Å². The first-order chi connectivity index (χ1) is 5.29. The Labute approximate surface area is 73.0 Å². The monoisotopic (exact) mass is 170 g/mol. The van der Waals surface area contributed by atoms with Gasteiger partial charge in [0.15, 0.2) is 0 Å². The summed E-state index contributed by atoms with van der Waals surface area (Å²) in [7, 11) is 0. The van der Waals surface area contributed by atoms with E-state index in [0.29, 0.717) is 0 Å². The third-order valence-corrected chi connectivity index (χ3v) is 0.274. The first-order valence-electron chi connectivity index (χ1n) is 3.16. The summed E-state index contributed by atoms with van der Waals surface area (Å²) in [5.41, 5.74) is -1.15. The van der Waals surface area contributed by atoms with Gasteiger partial charge < -0.3 is 9.90 Å². The minimum absolute atomic E-state index is 0.167. The summed E-state index contributed by atoms with van der Waals surface area (Å²) in [6.07, 6.45) is 0. The number of aliphatic hydroxyl groups is 1. The van der Waals surface area contributed by atoms with Crippen molar-refractivity contribution in [1.82, 2.24) is 0 Å². The third-order valence-electron chi connectivity index (χ3n) is 0.274. The molecule has 0 unspecified atom stereocenters. The second kappa shape index (κ2) is 9.61. The van der Waals surface area contributed by atoms with Crippen molar-refractivity contribution in [3.8, 4) is 12.6 Å². The summed E-state index contributed by atoms with van der Waals surface area (Å²) in [4.78, 5) is 9.44. The van der Waals surface area contributed by atoms with Crippen molar-refractivity contribution in [1.29, 1.82) is 10.5 Å². The van der Waals surface area contributed by atoms with Crippen LogP contribution in [0.25, 0.3) is 0 Å². The molecule has 0 aliphatic rings. The standard InChI is InChI=1S/C4H7NO.C3H6O.CHN/c1-4(2,6)3-5;1-3(2)4;1-2/h6H,1-2H3;1-2H3;1H. The number of hydrogen-bond acceptors (Lipinski definition) is 4. The van der Waals surface area contributed by atoms with Gasteiger partial charge in [-0.2, -0.15) is 5.26 Å². The van der Waals surface area contributed by atoms with Gasteiger partial charge in [-0.25, -0.2) is 5.26 Å². The van der Waals surface area contributed by atoms with Crippen LogP contribution >= 0.6 is 0 Å². The number of carbonyl (C=O) groups excluding carboxylic acids is 1. The van der Waals surface area contributed by atoms with E-state index in [1.54, 1.807) is 6.07 Å². The normalized spacial score (nSPS) is 7.50. The zero-order valence-corrected chi connectivity index (χ0v) is 7.83. The highest BCUT2D eigenvalue weighted by atomic mass is 16.3. The van der Waals surface area contributed by atoms with Gasteiger partial charge in [0.05, 0.1) is 6.07 Å². The van der Waals surface area contributed by atoms with Gasteiger partial charge in [0, 0.05) is 6.57 Å². The lowest BCUT2D eigenvalue weighted by Crippen LogP contribution is -2.13. The van der Waals surface area contributed by atoms with Crippen LogP contribution in [0.4, 0.5) is 0 Å². The number of carbonyl (C=O) groups is 1. The largest absolute Gasteiger partial charge is 0.376 e. The summed E-state index contributed by atoms with van der Waals surface area (Å²) in [6.45, 7) is 9.43. The molecule has 4 nitrogen and oxygen atoms in total. The lowest BCUT2D eigenvalue weighted by molar-refractivity contribution is -0.114. The van der Waals surface area contributed by atoms with E-state index in [4.69, 9.17) is 15.6 Å². The van der Waals surface area contributed by atoms with Gasteiger partial charge in [-0.15, -0.1) is 0 Å². The molecule has 4 heteroatoms. The molecule has 1 N–H and O–H groups in total. The molecule has 0 amide bonds. The quantitative estimate of drug-likeness (QED) is 0.550. The molecule has 0 spiro atoms. The Balaban J connectivity index is -0.000000118. The molecule has 0 bridgehead atoms. The summed E-state index contributed by atoms with van der Waals surface area (Å²) in [5, 5.41) is 22.9. The predicted octanol–water partition coefficient (Wildman–Crippen LogP) is 1.02. The number of hydrogen-bond donors (Lipinski definition) is 1. The average molecular weight is 170 g/mol. The Bertz CT molecular complexity index is 168. The maximum Gasteiger partial charge on any atom is 0.145 e. The van der Waals surface area contributed by atoms with Crippen molar-refractivity contribution >= 4 is 5.78 Å². The highest BCUT2D eigenvalue weighted by molar-refractivity contribution is 5.72. The lowest BCUT2D eigenvalue weighted by Gasteiger charge is -2.00. The summed E-state index contributed by atoms with van der Waals surface area (Å²) >= 11 is 0. The fourth-order valence-corrected chi connectivity index (χ4v) is 0. The molecule has 0 saturated heterocycles. The first kappa shape index (κ1) is 16.9. The number of ketones is 1. The second-order valence-electron chi connectivity index (χ2n) is 2.58. The molecule has 0 aliphatic heterocycles. The molecule has 0 aliphatic carbocycles. The highest BCUT2D eigenvalue weighted by Gasteiger charge is 2.07. The number of rotatable bonds is 0. The van der Waals surface area contributed by atoms with Crippen LogP contribution in [0.2, 0.25) is 0 Å². The summed E-state index contributed by atoms with van der Waals surface area (Å²) in [5.74, 6) is 0.167. The first-order valence-corrected chi connectivity index (χ1v) is 3.16.